The van der Waals surface area contributed by atoms with E-state index in [-0.39, 0.29) is 0 Å². The van der Waals surface area contributed by atoms with E-state index in [1.54, 1.807) is 14.0 Å². The first-order chi connectivity index (χ1) is 8.60. The van der Waals surface area contributed by atoms with Gasteiger partial charge < -0.3 is 14.3 Å². The van der Waals surface area contributed by atoms with E-state index in [0.717, 1.165) is 27.3 Å². The Balaban J connectivity index is 2.28. The van der Waals surface area contributed by atoms with Crippen LogP contribution in [0.4, 0.5) is 0 Å². The van der Waals surface area contributed by atoms with Crippen molar-refractivity contribution in [3.05, 3.63) is 40.6 Å². The van der Waals surface area contributed by atoms with Crippen molar-refractivity contribution in [3.63, 3.8) is 0 Å². The molecule has 0 fully saturated rings. The van der Waals surface area contributed by atoms with E-state index in [9.17, 15) is 5.11 Å². The summed E-state index contributed by atoms with van der Waals surface area (Å²) in [6.07, 6.45) is 0.122. The minimum Gasteiger partial charge on any atom is -0.496 e. The third-order valence-corrected chi connectivity index (χ3v) is 3.25. The number of aliphatic hydroxyl groups is 1. The zero-order valence-electron chi connectivity index (χ0n) is 10.3. The summed E-state index contributed by atoms with van der Waals surface area (Å²) in [5.74, 6) is 2.32. The highest BCUT2D eigenvalue weighted by Gasteiger charge is 2.09. The van der Waals surface area contributed by atoms with E-state index in [2.05, 4.69) is 15.9 Å². The predicted octanol–water partition coefficient (Wildman–Crippen LogP) is 3.64. The summed E-state index contributed by atoms with van der Waals surface area (Å²) < 4.78 is 11.8. The highest BCUT2D eigenvalue weighted by atomic mass is 79.9. The van der Waals surface area contributed by atoms with Gasteiger partial charge in [0.2, 0.25) is 0 Å². The van der Waals surface area contributed by atoms with Crippen LogP contribution < -0.4 is 4.74 Å². The van der Waals surface area contributed by atoms with E-state index in [4.69, 9.17) is 9.15 Å². The van der Waals surface area contributed by atoms with Gasteiger partial charge >= 0.3 is 0 Å². The van der Waals surface area contributed by atoms with Crippen molar-refractivity contribution in [1.29, 1.82) is 0 Å². The minimum absolute atomic E-state index is 0.400. The van der Waals surface area contributed by atoms with Crippen molar-refractivity contribution in [3.8, 4) is 17.1 Å². The molecule has 2 aromatic rings. The van der Waals surface area contributed by atoms with E-state index < -0.39 is 6.10 Å². The van der Waals surface area contributed by atoms with Crippen LogP contribution in [-0.4, -0.2) is 18.3 Å². The molecule has 1 atom stereocenters. The number of hydrogen-bond donors (Lipinski definition) is 1. The van der Waals surface area contributed by atoms with Gasteiger partial charge in [0.15, 0.2) is 0 Å². The molecule has 0 bridgehead atoms. The van der Waals surface area contributed by atoms with Gasteiger partial charge in [0.05, 0.1) is 17.7 Å². The molecule has 0 aliphatic rings. The summed E-state index contributed by atoms with van der Waals surface area (Å²) in [6, 6.07) is 9.58. The summed E-state index contributed by atoms with van der Waals surface area (Å²) in [5, 5.41) is 9.32. The van der Waals surface area contributed by atoms with Crippen LogP contribution in [-0.2, 0) is 6.42 Å². The van der Waals surface area contributed by atoms with Crippen LogP contribution in [0.5, 0.6) is 5.75 Å². The topological polar surface area (TPSA) is 42.6 Å². The number of rotatable bonds is 4. The second-order valence-electron chi connectivity index (χ2n) is 4.17. The Bertz CT molecular complexity index is 532. The van der Waals surface area contributed by atoms with Crippen molar-refractivity contribution >= 4 is 15.9 Å². The first-order valence-corrected chi connectivity index (χ1v) is 6.50. The van der Waals surface area contributed by atoms with Gasteiger partial charge in [-0.3, -0.25) is 0 Å². The van der Waals surface area contributed by atoms with Crippen LogP contribution >= 0.6 is 15.9 Å². The van der Waals surface area contributed by atoms with E-state index in [0.29, 0.717) is 6.42 Å². The lowest BCUT2D eigenvalue weighted by molar-refractivity contribution is 0.187. The molecule has 96 valence electrons. The summed E-state index contributed by atoms with van der Waals surface area (Å²) in [5.41, 5.74) is 0.951. The standard InChI is InChI=1S/C14H15BrO3/c1-9(16)7-11-4-6-13(18-11)10-3-5-12(15)14(8-10)17-2/h3-6,8-9,16H,7H2,1-2H3. The summed E-state index contributed by atoms with van der Waals surface area (Å²) >= 11 is 3.41. The molecule has 3 nitrogen and oxygen atoms in total. The Kier molecular flexibility index (Phi) is 4.09. The largest absolute Gasteiger partial charge is 0.496 e. The molecule has 0 saturated heterocycles. The normalized spacial score (nSPS) is 12.4. The number of halogens is 1. The molecule has 1 aromatic heterocycles. The van der Waals surface area contributed by atoms with Crippen molar-refractivity contribution in [1.82, 2.24) is 0 Å². The average Bonchev–Trinajstić information content (AvgIpc) is 2.77. The zero-order chi connectivity index (χ0) is 13.1. The van der Waals surface area contributed by atoms with Gasteiger partial charge in [0.1, 0.15) is 17.3 Å². The second kappa shape index (κ2) is 5.59. The fourth-order valence-electron chi connectivity index (χ4n) is 1.75. The molecular formula is C14H15BrO3. The highest BCUT2D eigenvalue weighted by molar-refractivity contribution is 9.10. The van der Waals surface area contributed by atoms with Crippen LogP contribution in [0.1, 0.15) is 12.7 Å². The average molecular weight is 311 g/mol. The van der Waals surface area contributed by atoms with Gasteiger partial charge in [0.25, 0.3) is 0 Å². The molecule has 4 heteroatoms. The van der Waals surface area contributed by atoms with Gasteiger partial charge in [-0.15, -0.1) is 0 Å². The Morgan fingerprint density at radius 2 is 2.11 bits per heavy atom. The third kappa shape index (κ3) is 2.94. The molecule has 1 heterocycles. The Morgan fingerprint density at radius 3 is 2.78 bits per heavy atom. The maximum absolute atomic E-state index is 9.32. The molecule has 0 amide bonds. The molecule has 2 rings (SSSR count). The number of ether oxygens (including phenoxy) is 1. The highest BCUT2D eigenvalue weighted by Crippen LogP contribution is 2.31. The first-order valence-electron chi connectivity index (χ1n) is 5.71. The van der Waals surface area contributed by atoms with Crippen LogP contribution in [0.3, 0.4) is 0 Å². The van der Waals surface area contributed by atoms with Crippen LogP contribution in [0, 0.1) is 0 Å². The molecule has 0 saturated carbocycles. The summed E-state index contributed by atoms with van der Waals surface area (Å²) in [7, 11) is 1.63. The number of hydrogen-bond acceptors (Lipinski definition) is 3. The molecule has 0 radical (unpaired) electrons. The lowest BCUT2D eigenvalue weighted by Crippen LogP contribution is -2.02. The smallest absolute Gasteiger partial charge is 0.134 e. The Hall–Kier alpha value is -1.26. The lowest BCUT2D eigenvalue weighted by Gasteiger charge is -2.05. The van der Waals surface area contributed by atoms with Gasteiger partial charge in [-0.05, 0) is 53.2 Å². The van der Waals surface area contributed by atoms with Gasteiger partial charge in [-0.1, -0.05) is 0 Å². The quantitative estimate of drug-likeness (QED) is 0.937. The number of aliphatic hydroxyl groups excluding tert-OH is 1. The molecule has 0 spiro atoms. The molecule has 1 N–H and O–H groups in total. The third-order valence-electron chi connectivity index (χ3n) is 2.59. The number of methoxy groups -OCH3 is 1. The zero-order valence-corrected chi connectivity index (χ0v) is 11.9. The first kappa shape index (κ1) is 13.2. The van der Waals surface area contributed by atoms with E-state index in [1.165, 1.54) is 0 Å². The second-order valence-corrected chi connectivity index (χ2v) is 5.02. The molecule has 0 aliphatic heterocycles. The number of furan rings is 1. The lowest BCUT2D eigenvalue weighted by atomic mass is 10.1. The van der Waals surface area contributed by atoms with Gasteiger partial charge in [-0.25, -0.2) is 0 Å². The molecule has 18 heavy (non-hydrogen) atoms. The molecule has 1 unspecified atom stereocenters. The maximum atomic E-state index is 9.32. The SMILES string of the molecule is COc1cc(-c2ccc(CC(C)O)o2)ccc1Br. The number of benzene rings is 1. The van der Waals surface area contributed by atoms with Crippen LogP contribution in [0.25, 0.3) is 11.3 Å². The fraction of sp³-hybridized carbons (Fsp3) is 0.286. The minimum atomic E-state index is -0.400. The van der Waals surface area contributed by atoms with Crippen molar-refractivity contribution in [2.24, 2.45) is 0 Å². The summed E-state index contributed by atoms with van der Waals surface area (Å²) in [4.78, 5) is 0. The van der Waals surface area contributed by atoms with Crippen LogP contribution in [0.2, 0.25) is 0 Å². The van der Waals surface area contributed by atoms with Gasteiger partial charge in [0, 0.05) is 12.0 Å². The molecular weight excluding hydrogens is 296 g/mol. The molecule has 1 aromatic carbocycles. The van der Waals surface area contributed by atoms with E-state index >= 15 is 0 Å². The predicted molar refractivity (Wildman–Crippen MR) is 73.8 cm³/mol. The maximum Gasteiger partial charge on any atom is 0.134 e. The van der Waals surface area contributed by atoms with Gasteiger partial charge in [-0.2, -0.15) is 0 Å². The monoisotopic (exact) mass is 310 g/mol. The van der Waals surface area contributed by atoms with E-state index in [1.807, 2.05) is 30.3 Å². The molecule has 0 aliphatic carbocycles. The van der Waals surface area contributed by atoms with Crippen molar-refractivity contribution < 1.29 is 14.3 Å². The van der Waals surface area contributed by atoms with Crippen molar-refractivity contribution in [2.75, 3.05) is 7.11 Å². The van der Waals surface area contributed by atoms with Crippen LogP contribution in [0.15, 0.2) is 39.2 Å². The fourth-order valence-corrected chi connectivity index (χ4v) is 2.16. The Morgan fingerprint density at radius 1 is 1.33 bits per heavy atom. The Labute approximate surface area is 115 Å². The van der Waals surface area contributed by atoms with Crippen molar-refractivity contribution in [2.45, 2.75) is 19.4 Å². The summed E-state index contributed by atoms with van der Waals surface area (Å²) in [6.45, 7) is 1.74.